The molecule has 3 aromatic carbocycles. The molecule has 33 heavy (non-hydrogen) atoms. The Morgan fingerprint density at radius 3 is 2.18 bits per heavy atom. The van der Waals surface area contributed by atoms with Gasteiger partial charge in [-0.2, -0.15) is 0 Å². The van der Waals surface area contributed by atoms with Crippen LogP contribution in [0.5, 0.6) is 28.7 Å². The predicted octanol–water partition coefficient (Wildman–Crippen LogP) is 4.69. The summed E-state index contributed by atoms with van der Waals surface area (Å²) in [4.78, 5) is 2.43. The van der Waals surface area contributed by atoms with Crippen molar-refractivity contribution in [3.63, 3.8) is 0 Å². The number of rotatable bonds is 8. The van der Waals surface area contributed by atoms with Gasteiger partial charge in [0.1, 0.15) is 17.2 Å². The molecule has 6 heteroatoms. The summed E-state index contributed by atoms with van der Waals surface area (Å²) < 4.78 is 21.8. The lowest BCUT2D eigenvalue weighted by Gasteiger charge is -2.31. The minimum Gasteiger partial charge on any atom is -0.504 e. The molecule has 1 N–H and O–H groups in total. The quantitative estimate of drug-likeness (QED) is 0.538. The van der Waals surface area contributed by atoms with Crippen molar-refractivity contribution >= 4 is 0 Å². The first-order chi connectivity index (χ1) is 16.1. The standard InChI is InChI=1S/C27H31NO5/c1-30-20-7-5-18(6-8-20)11-13-28-14-12-19-15-25(33-4)27(29)26(23(19)17-28)22-10-9-21(31-2)16-24(22)32-3/h5-10,15-16,29H,11-14,17H2,1-4H3. The van der Waals surface area contributed by atoms with Crippen LogP contribution >= 0.6 is 0 Å². The molecule has 0 saturated carbocycles. The molecule has 0 atom stereocenters. The molecule has 4 rings (SSSR count). The van der Waals surface area contributed by atoms with Gasteiger partial charge < -0.3 is 24.1 Å². The molecule has 174 valence electrons. The molecule has 0 unspecified atom stereocenters. The lowest BCUT2D eigenvalue weighted by molar-refractivity contribution is 0.256. The molecule has 0 bridgehead atoms. The molecule has 0 saturated heterocycles. The van der Waals surface area contributed by atoms with Gasteiger partial charge in [-0.25, -0.2) is 0 Å². The van der Waals surface area contributed by atoms with E-state index in [4.69, 9.17) is 18.9 Å². The Balaban J connectivity index is 1.66. The van der Waals surface area contributed by atoms with Crippen LogP contribution in [0, 0.1) is 0 Å². The number of nitrogens with zero attached hydrogens (tertiary/aromatic N) is 1. The van der Waals surface area contributed by atoms with E-state index in [1.165, 1.54) is 11.1 Å². The van der Waals surface area contributed by atoms with Gasteiger partial charge in [-0.05, 0) is 59.9 Å². The van der Waals surface area contributed by atoms with Crippen LogP contribution in [0.4, 0.5) is 0 Å². The van der Waals surface area contributed by atoms with Crippen molar-refractivity contribution in [2.75, 3.05) is 41.5 Å². The van der Waals surface area contributed by atoms with E-state index in [0.717, 1.165) is 54.9 Å². The number of aromatic hydroxyl groups is 1. The third-order valence-corrected chi connectivity index (χ3v) is 6.32. The third-order valence-electron chi connectivity index (χ3n) is 6.32. The maximum Gasteiger partial charge on any atom is 0.166 e. The second kappa shape index (κ2) is 10.0. The summed E-state index contributed by atoms with van der Waals surface area (Å²) in [7, 11) is 6.52. The molecule has 0 amide bonds. The van der Waals surface area contributed by atoms with E-state index in [1.807, 2.05) is 36.4 Å². The van der Waals surface area contributed by atoms with Crippen LogP contribution in [0.15, 0.2) is 48.5 Å². The van der Waals surface area contributed by atoms with Crippen LogP contribution in [-0.2, 0) is 19.4 Å². The number of hydrogen-bond donors (Lipinski definition) is 1. The van der Waals surface area contributed by atoms with Crippen LogP contribution < -0.4 is 18.9 Å². The van der Waals surface area contributed by atoms with E-state index < -0.39 is 0 Å². The van der Waals surface area contributed by atoms with Crippen LogP contribution in [-0.4, -0.2) is 51.5 Å². The van der Waals surface area contributed by atoms with Gasteiger partial charge in [0, 0.05) is 36.8 Å². The minimum absolute atomic E-state index is 0.136. The molecule has 0 radical (unpaired) electrons. The zero-order chi connectivity index (χ0) is 23.4. The number of fused-ring (bicyclic) bond motifs is 1. The number of benzene rings is 3. The summed E-state index contributed by atoms with van der Waals surface area (Å²) in [5.74, 6) is 2.83. The van der Waals surface area contributed by atoms with Crippen molar-refractivity contribution in [2.45, 2.75) is 19.4 Å². The van der Waals surface area contributed by atoms with Crippen LogP contribution in [0.2, 0.25) is 0 Å². The molecule has 0 aromatic heterocycles. The van der Waals surface area contributed by atoms with E-state index in [1.54, 1.807) is 28.4 Å². The molecule has 3 aromatic rings. The Morgan fingerprint density at radius 2 is 1.52 bits per heavy atom. The van der Waals surface area contributed by atoms with Crippen molar-refractivity contribution in [3.8, 4) is 39.9 Å². The zero-order valence-electron chi connectivity index (χ0n) is 19.7. The van der Waals surface area contributed by atoms with Gasteiger partial charge in [0.2, 0.25) is 0 Å². The monoisotopic (exact) mass is 449 g/mol. The number of hydrogen-bond acceptors (Lipinski definition) is 6. The summed E-state index contributed by atoms with van der Waals surface area (Å²) >= 11 is 0. The minimum atomic E-state index is 0.136. The Kier molecular flexibility index (Phi) is 6.94. The highest BCUT2D eigenvalue weighted by Gasteiger charge is 2.26. The number of phenolic OH excluding ortho intramolecular Hbond substituents is 1. The van der Waals surface area contributed by atoms with Crippen LogP contribution in [0.3, 0.4) is 0 Å². The molecule has 1 heterocycles. The second-order valence-corrected chi connectivity index (χ2v) is 8.13. The van der Waals surface area contributed by atoms with Crippen molar-refractivity contribution in [2.24, 2.45) is 0 Å². The van der Waals surface area contributed by atoms with Gasteiger partial charge in [0.15, 0.2) is 11.5 Å². The van der Waals surface area contributed by atoms with E-state index in [-0.39, 0.29) is 5.75 Å². The molecular weight excluding hydrogens is 418 g/mol. The second-order valence-electron chi connectivity index (χ2n) is 8.13. The molecule has 1 aliphatic heterocycles. The van der Waals surface area contributed by atoms with E-state index >= 15 is 0 Å². The van der Waals surface area contributed by atoms with Crippen molar-refractivity contribution in [1.29, 1.82) is 0 Å². The molecular formula is C27H31NO5. The predicted molar refractivity (Wildman–Crippen MR) is 129 cm³/mol. The van der Waals surface area contributed by atoms with Gasteiger partial charge in [0.25, 0.3) is 0 Å². The van der Waals surface area contributed by atoms with Crippen LogP contribution in [0.25, 0.3) is 11.1 Å². The SMILES string of the molecule is COc1ccc(CCN2CCc3cc(OC)c(O)c(-c4ccc(OC)cc4OC)c3C2)cc1. The summed E-state index contributed by atoms with van der Waals surface area (Å²) in [5.41, 5.74) is 5.16. The van der Waals surface area contributed by atoms with Crippen molar-refractivity contribution in [3.05, 3.63) is 65.2 Å². The van der Waals surface area contributed by atoms with E-state index in [2.05, 4.69) is 17.0 Å². The average molecular weight is 450 g/mol. The molecule has 0 spiro atoms. The fourth-order valence-corrected chi connectivity index (χ4v) is 4.45. The van der Waals surface area contributed by atoms with Crippen molar-refractivity contribution < 1.29 is 24.1 Å². The summed E-state index contributed by atoms with van der Waals surface area (Å²) in [5, 5.41) is 11.1. The van der Waals surface area contributed by atoms with Crippen LogP contribution in [0.1, 0.15) is 16.7 Å². The summed E-state index contributed by atoms with van der Waals surface area (Å²) in [6.07, 6.45) is 1.84. The number of ether oxygens (including phenoxy) is 4. The van der Waals surface area contributed by atoms with Gasteiger partial charge >= 0.3 is 0 Å². The highest BCUT2D eigenvalue weighted by atomic mass is 16.5. The Labute approximate surface area is 195 Å². The maximum atomic E-state index is 11.1. The number of phenols is 1. The first-order valence-electron chi connectivity index (χ1n) is 11.1. The number of methoxy groups -OCH3 is 4. The smallest absolute Gasteiger partial charge is 0.166 e. The highest BCUT2D eigenvalue weighted by molar-refractivity contribution is 5.82. The van der Waals surface area contributed by atoms with E-state index in [0.29, 0.717) is 17.2 Å². The largest absolute Gasteiger partial charge is 0.504 e. The van der Waals surface area contributed by atoms with Gasteiger partial charge in [-0.15, -0.1) is 0 Å². The first kappa shape index (κ1) is 22.8. The Morgan fingerprint density at radius 1 is 0.818 bits per heavy atom. The molecule has 1 aliphatic rings. The van der Waals surface area contributed by atoms with Crippen molar-refractivity contribution in [1.82, 2.24) is 4.90 Å². The third kappa shape index (κ3) is 4.71. The molecule has 0 aliphatic carbocycles. The fourth-order valence-electron chi connectivity index (χ4n) is 4.45. The molecule has 6 nitrogen and oxygen atoms in total. The zero-order valence-corrected chi connectivity index (χ0v) is 19.7. The van der Waals surface area contributed by atoms with E-state index in [9.17, 15) is 5.11 Å². The fraction of sp³-hybridized carbons (Fsp3) is 0.333. The average Bonchev–Trinajstić information content (AvgIpc) is 2.87. The molecule has 0 fully saturated rings. The highest BCUT2D eigenvalue weighted by Crippen LogP contribution is 2.47. The first-order valence-corrected chi connectivity index (χ1v) is 11.1. The lowest BCUT2D eigenvalue weighted by Crippen LogP contribution is -2.32. The Hall–Kier alpha value is -3.38. The van der Waals surface area contributed by atoms with Gasteiger partial charge in [-0.1, -0.05) is 12.1 Å². The summed E-state index contributed by atoms with van der Waals surface area (Å²) in [6, 6.07) is 15.8. The van der Waals surface area contributed by atoms with Gasteiger partial charge in [-0.3, -0.25) is 4.90 Å². The normalized spacial score (nSPS) is 13.3. The Bertz CT molecular complexity index is 1110. The van der Waals surface area contributed by atoms with Gasteiger partial charge in [0.05, 0.1) is 28.4 Å². The topological polar surface area (TPSA) is 60.4 Å². The summed E-state index contributed by atoms with van der Waals surface area (Å²) in [6.45, 7) is 2.63. The lowest BCUT2D eigenvalue weighted by atomic mass is 9.89. The maximum absolute atomic E-state index is 11.1.